The number of nitro groups is 1. The van der Waals surface area contributed by atoms with Gasteiger partial charge in [-0.25, -0.2) is 5.01 Å². The molecule has 0 saturated heterocycles. The van der Waals surface area contributed by atoms with Gasteiger partial charge in [-0.05, 0) is 23.8 Å². The molecule has 0 N–H and O–H groups in total. The van der Waals surface area contributed by atoms with Crippen molar-refractivity contribution >= 4 is 27.3 Å². The van der Waals surface area contributed by atoms with Crippen molar-refractivity contribution in [2.45, 2.75) is 18.7 Å². The van der Waals surface area contributed by atoms with Gasteiger partial charge >= 0.3 is 0 Å². The van der Waals surface area contributed by atoms with E-state index in [-0.39, 0.29) is 11.7 Å². The molecule has 0 aliphatic carbocycles. The molecule has 144 valence electrons. The van der Waals surface area contributed by atoms with E-state index in [1.807, 2.05) is 53.5 Å². The SMILES string of the molecule is O=[N+]([O-])c1cccc([C@@H]2Oc3ccc(Br)cc3[C@H]3CC(c4ccccc4)=NN32)c1. The molecule has 3 aromatic carbocycles. The predicted molar refractivity (Wildman–Crippen MR) is 113 cm³/mol. The van der Waals surface area contributed by atoms with Gasteiger partial charge in [0.1, 0.15) is 5.75 Å². The molecule has 29 heavy (non-hydrogen) atoms. The summed E-state index contributed by atoms with van der Waals surface area (Å²) in [6.45, 7) is 0. The van der Waals surface area contributed by atoms with Crippen LogP contribution < -0.4 is 4.74 Å². The van der Waals surface area contributed by atoms with Gasteiger partial charge in [-0.1, -0.05) is 58.4 Å². The van der Waals surface area contributed by atoms with E-state index in [1.165, 1.54) is 6.07 Å². The van der Waals surface area contributed by atoms with E-state index in [0.717, 1.165) is 33.5 Å². The average molecular weight is 450 g/mol. The molecule has 0 aromatic heterocycles. The Kier molecular flexibility index (Phi) is 4.32. The number of hydrogen-bond donors (Lipinski definition) is 0. The summed E-state index contributed by atoms with van der Waals surface area (Å²) in [5.74, 6) is 0.774. The molecule has 0 spiro atoms. The Morgan fingerprint density at radius 3 is 2.69 bits per heavy atom. The van der Waals surface area contributed by atoms with Crippen LogP contribution in [0.5, 0.6) is 5.75 Å². The number of nitro benzene ring substituents is 1. The number of benzene rings is 3. The van der Waals surface area contributed by atoms with E-state index < -0.39 is 11.2 Å². The lowest BCUT2D eigenvalue weighted by Crippen LogP contribution is -2.33. The minimum absolute atomic E-state index is 0.00396. The molecule has 0 unspecified atom stereocenters. The zero-order valence-corrected chi connectivity index (χ0v) is 16.8. The van der Waals surface area contributed by atoms with Crippen molar-refractivity contribution in [3.63, 3.8) is 0 Å². The van der Waals surface area contributed by atoms with Crippen molar-refractivity contribution in [1.29, 1.82) is 0 Å². The van der Waals surface area contributed by atoms with E-state index in [1.54, 1.807) is 12.1 Å². The van der Waals surface area contributed by atoms with Crippen molar-refractivity contribution in [3.8, 4) is 5.75 Å². The van der Waals surface area contributed by atoms with Crippen LogP contribution in [0.1, 0.15) is 35.4 Å². The van der Waals surface area contributed by atoms with Crippen LogP contribution in [0.25, 0.3) is 0 Å². The summed E-state index contributed by atoms with van der Waals surface area (Å²) < 4.78 is 7.26. The molecular weight excluding hydrogens is 434 g/mol. The Morgan fingerprint density at radius 1 is 1.07 bits per heavy atom. The number of non-ortho nitro benzene ring substituents is 1. The predicted octanol–water partition coefficient (Wildman–Crippen LogP) is 5.60. The van der Waals surface area contributed by atoms with Crippen LogP contribution in [0.2, 0.25) is 0 Å². The van der Waals surface area contributed by atoms with Crippen molar-refractivity contribution in [2.24, 2.45) is 5.10 Å². The Balaban J connectivity index is 1.61. The van der Waals surface area contributed by atoms with E-state index in [9.17, 15) is 10.1 Å². The van der Waals surface area contributed by atoms with Crippen LogP contribution >= 0.6 is 15.9 Å². The molecule has 0 radical (unpaired) electrons. The summed E-state index contributed by atoms with van der Waals surface area (Å²) in [6.07, 6.45) is 0.206. The second-order valence-corrected chi connectivity index (χ2v) is 7.93. The zero-order chi connectivity index (χ0) is 20.0. The van der Waals surface area contributed by atoms with Crippen LogP contribution in [0, 0.1) is 10.1 Å². The Hall–Kier alpha value is -3.19. The molecule has 5 rings (SSSR count). The van der Waals surface area contributed by atoms with Crippen molar-refractivity contribution in [2.75, 3.05) is 0 Å². The maximum Gasteiger partial charge on any atom is 0.269 e. The largest absolute Gasteiger partial charge is 0.464 e. The maximum atomic E-state index is 11.3. The first-order valence-corrected chi connectivity index (χ1v) is 10.0. The average Bonchev–Trinajstić information content (AvgIpc) is 3.20. The monoisotopic (exact) mass is 449 g/mol. The number of nitrogens with zero attached hydrogens (tertiary/aromatic N) is 3. The lowest BCUT2D eigenvalue weighted by atomic mass is 9.96. The van der Waals surface area contributed by atoms with E-state index in [4.69, 9.17) is 9.84 Å². The van der Waals surface area contributed by atoms with Crippen molar-refractivity contribution in [1.82, 2.24) is 5.01 Å². The molecule has 2 aliphatic rings. The standard InChI is InChI=1S/C22H16BrN3O3/c23-16-9-10-21-18(12-16)20-13-19(14-5-2-1-3-6-14)24-25(20)22(29-21)15-7-4-8-17(11-15)26(27)28/h1-12,20,22H,13H2/t20-,22+/m1/s1. The highest BCUT2D eigenvalue weighted by molar-refractivity contribution is 9.10. The molecule has 3 aromatic rings. The third-order valence-corrected chi connectivity index (χ3v) is 5.72. The van der Waals surface area contributed by atoms with E-state index in [2.05, 4.69) is 22.0 Å². The fraction of sp³-hybridized carbons (Fsp3) is 0.136. The molecule has 2 aliphatic heterocycles. The van der Waals surface area contributed by atoms with Gasteiger partial charge < -0.3 is 4.74 Å². The Labute approximate surface area is 175 Å². The third kappa shape index (κ3) is 3.17. The maximum absolute atomic E-state index is 11.3. The minimum Gasteiger partial charge on any atom is -0.464 e. The van der Waals surface area contributed by atoms with Crippen molar-refractivity contribution in [3.05, 3.63) is 104 Å². The molecule has 2 atom stereocenters. The first-order valence-electron chi connectivity index (χ1n) is 9.22. The molecule has 6 nitrogen and oxygen atoms in total. The summed E-state index contributed by atoms with van der Waals surface area (Å²) in [5, 5.41) is 18.1. The first kappa shape index (κ1) is 17.9. The highest BCUT2D eigenvalue weighted by atomic mass is 79.9. The van der Waals surface area contributed by atoms with Gasteiger partial charge in [0.2, 0.25) is 6.23 Å². The van der Waals surface area contributed by atoms with Gasteiger partial charge in [0, 0.05) is 34.2 Å². The molecule has 0 fully saturated rings. The first-order chi connectivity index (χ1) is 14.1. The van der Waals surface area contributed by atoms with E-state index >= 15 is 0 Å². The van der Waals surface area contributed by atoms with Crippen molar-refractivity contribution < 1.29 is 9.66 Å². The molecule has 0 amide bonds. The summed E-state index contributed by atoms with van der Waals surface area (Å²) in [5.41, 5.74) is 3.83. The smallest absolute Gasteiger partial charge is 0.269 e. The number of halogens is 1. The van der Waals surface area contributed by atoms with Crippen LogP contribution in [0.4, 0.5) is 5.69 Å². The quantitative estimate of drug-likeness (QED) is 0.385. The summed E-state index contributed by atoms with van der Waals surface area (Å²) in [7, 11) is 0. The molecule has 7 heteroatoms. The summed E-state index contributed by atoms with van der Waals surface area (Å²) >= 11 is 3.55. The lowest BCUT2D eigenvalue weighted by Gasteiger charge is -2.38. The Morgan fingerprint density at radius 2 is 1.90 bits per heavy atom. The van der Waals surface area contributed by atoms with Gasteiger partial charge in [0.05, 0.1) is 16.7 Å². The number of ether oxygens (including phenoxy) is 1. The number of fused-ring (bicyclic) bond motifs is 3. The number of hydrogen-bond acceptors (Lipinski definition) is 5. The van der Waals surface area contributed by atoms with Gasteiger partial charge in [-0.3, -0.25) is 10.1 Å². The minimum atomic E-state index is -0.533. The zero-order valence-electron chi connectivity index (χ0n) is 15.2. The van der Waals surface area contributed by atoms with Crippen LogP contribution in [-0.2, 0) is 0 Å². The van der Waals surface area contributed by atoms with Crippen LogP contribution in [0.15, 0.2) is 82.4 Å². The van der Waals surface area contributed by atoms with E-state index in [0.29, 0.717) is 5.56 Å². The van der Waals surface area contributed by atoms with Gasteiger partial charge in [0.15, 0.2) is 0 Å². The molecule has 0 bridgehead atoms. The fourth-order valence-corrected chi connectivity index (χ4v) is 4.25. The third-order valence-electron chi connectivity index (χ3n) is 5.23. The fourth-order valence-electron chi connectivity index (χ4n) is 3.88. The molecule has 2 heterocycles. The van der Waals surface area contributed by atoms with Gasteiger partial charge in [-0.15, -0.1) is 0 Å². The molecule has 0 saturated carbocycles. The lowest BCUT2D eigenvalue weighted by molar-refractivity contribution is -0.385. The van der Waals surface area contributed by atoms with Gasteiger partial charge in [0.25, 0.3) is 5.69 Å². The summed E-state index contributed by atoms with van der Waals surface area (Å²) in [4.78, 5) is 10.9. The molecular formula is C22H16BrN3O3. The van der Waals surface area contributed by atoms with Gasteiger partial charge in [-0.2, -0.15) is 5.10 Å². The second kappa shape index (κ2) is 7.00. The highest BCUT2D eigenvalue weighted by Gasteiger charge is 2.41. The Bertz CT molecular complexity index is 1130. The normalized spacial score (nSPS) is 19.8. The highest BCUT2D eigenvalue weighted by Crippen LogP contribution is 2.48. The summed E-state index contributed by atoms with van der Waals surface area (Å²) in [6, 6.07) is 22.5. The topological polar surface area (TPSA) is 68.0 Å². The number of rotatable bonds is 3. The van der Waals surface area contributed by atoms with Crippen LogP contribution in [-0.4, -0.2) is 15.6 Å². The second-order valence-electron chi connectivity index (χ2n) is 7.02. The number of hydrazone groups is 1. The van der Waals surface area contributed by atoms with Crippen LogP contribution in [0.3, 0.4) is 0 Å².